The molecule has 0 unspecified atom stereocenters. The smallest absolute Gasteiger partial charge is 0 e. The molecule has 0 bridgehead atoms. The molecule has 0 N–H and O–H groups in total. The SMILES string of the molecule is [3H]C[C-]=O.[CH3-].[U].[Y]. The molecule has 0 fully saturated rings. The van der Waals surface area contributed by atoms with E-state index in [2.05, 4.69) is 0 Å². The number of hydrogen-bond acceptors (Lipinski definition) is 1. The van der Waals surface area contributed by atoms with E-state index in [1.165, 1.54) is 6.29 Å². The molecule has 0 aliphatic heterocycles. The van der Waals surface area contributed by atoms with Crippen molar-refractivity contribution < 1.29 is 70.0 Å². The fourth-order valence-electron chi connectivity index (χ4n) is 0. The minimum Gasteiger partial charge on any atom is -0.542 e. The molecule has 0 saturated carbocycles. The van der Waals surface area contributed by atoms with Gasteiger partial charge < -0.3 is 12.2 Å². The Morgan fingerprint density at radius 3 is 2.00 bits per heavy atom. The van der Waals surface area contributed by atoms with Gasteiger partial charge in [-0.15, -0.1) is 0 Å². The number of hydrogen-bond donors (Lipinski definition) is 0. The molecule has 0 aliphatic rings. The van der Waals surface area contributed by atoms with Gasteiger partial charge in [0, 0.05) is 63.8 Å². The minimum atomic E-state index is -0.236. The van der Waals surface area contributed by atoms with Crippen molar-refractivity contribution in [2.45, 2.75) is 6.90 Å². The summed E-state index contributed by atoms with van der Waals surface area (Å²) in [5.74, 6) is 0. The summed E-state index contributed by atoms with van der Waals surface area (Å²) >= 11 is 0. The molecule has 0 heterocycles. The maximum atomic E-state index is 8.86. The predicted octanol–water partition coefficient (Wildman–Crippen LogP) is 0.564. The maximum absolute atomic E-state index is 8.86. The quantitative estimate of drug-likeness (QED) is 0.556. The van der Waals surface area contributed by atoms with Gasteiger partial charge in [0.15, 0.2) is 0 Å². The fourth-order valence-corrected chi connectivity index (χ4v) is 0. The van der Waals surface area contributed by atoms with Crippen molar-refractivity contribution in [3.05, 3.63) is 7.43 Å². The van der Waals surface area contributed by atoms with E-state index < -0.39 is 0 Å². The Kier molecular flexibility index (Phi) is 75.7. The van der Waals surface area contributed by atoms with Crippen LogP contribution in [-0.2, 0) is 37.5 Å². The van der Waals surface area contributed by atoms with E-state index >= 15 is 0 Å². The Labute approximate surface area is 89.3 Å². The predicted molar refractivity (Wildman–Crippen MR) is 17.8 cm³/mol. The average molecular weight is 387 g/mol. The molecule has 0 spiro atoms. The van der Waals surface area contributed by atoms with Crippen molar-refractivity contribution in [3.63, 3.8) is 0 Å². The number of carbonyl (C=O) groups excluding carboxylic acids is 1. The summed E-state index contributed by atoms with van der Waals surface area (Å²) in [5.41, 5.74) is 0. The molecule has 0 atom stereocenters. The van der Waals surface area contributed by atoms with Crippen molar-refractivity contribution in [2.75, 3.05) is 0 Å². The van der Waals surface area contributed by atoms with Crippen LogP contribution in [0.25, 0.3) is 0 Å². The molecule has 0 aromatic carbocycles. The zero-order valence-electron chi connectivity index (χ0n) is 4.69. The van der Waals surface area contributed by atoms with Crippen molar-refractivity contribution in [3.8, 4) is 0 Å². The van der Waals surface area contributed by atoms with Crippen molar-refractivity contribution >= 4 is 6.29 Å². The third kappa shape index (κ3) is 40.7. The Morgan fingerprint density at radius 2 is 2.00 bits per heavy atom. The van der Waals surface area contributed by atoms with Gasteiger partial charge in [0.25, 0.3) is 0 Å². The Bertz CT molecular complexity index is 28.9. The molecule has 0 saturated heterocycles. The minimum absolute atomic E-state index is 0. The number of rotatable bonds is 0. The first kappa shape index (κ1) is 15.7. The van der Waals surface area contributed by atoms with E-state index in [1.54, 1.807) is 0 Å². The van der Waals surface area contributed by atoms with Gasteiger partial charge in [-0.05, 0) is 1.37 Å². The van der Waals surface area contributed by atoms with Crippen LogP contribution in [0.5, 0.6) is 0 Å². The molecule has 1 nitrogen and oxygen atoms in total. The van der Waals surface area contributed by atoms with Crippen LogP contribution in [0.2, 0.25) is 0 Å². The van der Waals surface area contributed by atoms with Crippen LogP contribution in [0.1, 0.15) is 8.27 Å². The van der Waals surface area contributed by atoms with Crippen molar-refractivity contribution in [2.24, 2.45) is 0 Å². The normalized spacial score (nSPS) is 4.33. The zero-order chi connectivity index (χ0) is 3.41. The molecule has 0 amide bonds. The summed E-state index contributed by atoms with van der Waals surface area (Å²) in [6.45, 7) is -0.236. The topological polar surface area (TPSA) is 17.1 Å². The second kappa shape index (κ2) is 29.0. The van der Waals surface area contributed by atoms with Crippen LogP contribution in [0.4, 0.5) is 0 Å². The van der Waals surface area contributed by atoms with Crippen molar-refractivity contribution in [1.29, 1.82) is 0 Å². The van der Waals surface area contributed by atoms with Gasteiger partial charge in [-0.2, -0.15) is 6.90 Å². The third-order valence-corrected chi connectivity index (χ3v) is 0. The van der Waals surface area contributed by atoms with Crippen molar-refractivity contribution in [1.82, 2.24) is 0 Å². The summed E-state index contributed by atoms with van der Waals surface area (Å²) in [7, 11) is 0. The van der Waals surface area contributed by atoms with E-state index in [-0.39, 0.29) is 78.1 Å². The van der Waals surface area contributed by atoms with E-state index in [0.717, 1.165) is 0 Å². The average Bonchev–Trinajstić information content (AvgIpc) is 1.37. The van der Waals surface area contributed by atoms with E-state index in [1.807, 2.05) is 0 Å². The van der Waals surface area contributed by atoms with E-state index in [4.69, 9.17) is 6.17 Å². The standard InChI is InChI=1S/C2H3O.CH3.U.Y/c1-2-3;;;/h1H3;1H3;;/q2*-1;;/i1T;;;. The Hall–Kier alpha value is 1.83. The van der Waals surface area contributed by atoms with Crippen LogP contribution >= 0.6 is 0 Å². The molecule has 0 rings (SSSR count). The molecule has 0 aliphatic carbocycles. The summed E-state index contributed by atoms with van der Waals surface area (Å²) in [6, 6.07) is 0. The maximum Gasteiger partial charge on any atom is 0 e. The molecular weight excluding hydrogens is 379 g/mol. The van der Waals surface area contributed by atoms with Crippen LogP contribution in [0.3, 0.4) is 0 Å². The van der Waals surface area contributed by atoms with Crippen LogP contribution in [-0.4, -0.2) is 6.29 Å². The largest absolute Gasteiger partial charge is 0.542 e. The summed E-state index contributed by atoms with van der Waals surface area (Å²) in [6.07, 6.45) is 1.35. The first-order valence-electron chi connectivity index (χ1n) is 1.26. The van der Waals surface area contributed by atoms with Gasteiger partial charge in [0.05, 0.1) is 0 Å². The first-order valence-corrected chi connectivity index (χ1v) is 0.558. The molecule has 3 heteroatoms. The first-order chi connectivity index (χ1) is 1.91. The van der Waals surface area contributed by atoms with Gasteiger partial charge in [-0.1, -0.05) is 0 Å². The van der Waals surface area contributed by atoms with E-state index in [0.29, 0.717) is 0 Å². The Morgan fingerprint density at radius 1 is 1.83 bits per heavy atom. The molecule has 6 heavy (non-hydrogen) atoms. The molecule has 0 aromatic heterocycles. The van der Waals surface area contributed by atoms with Crippen LogP contribution in [0.15, 0.2) is 0 Å². The van der Waals surface area contributed by atoms with E-state index in [9.17, 15) is 0 Å². The molecule has 33 valence electrons. The summed E-state index contributed by atoms with van der Waals surface area (Å²) in [4.78, 5) is 8.86. The van der Waals surface area contributed by atoms with Gasteiger partial charge in [0.2, 0.25) is 0 Å². The van der Waals surface area contributed by atoms with Gasteiger partial charge >= 0.3 is 0 Å². The third-order valence-electron chi connectivity index (χ3n) is 0. The van der Waals surface area contributed by atoms with Crippen LogP contribution in [0, 0.1) is 38.5 Å². The summed E-state index contributed by atoms with van der Waals surface area (Å²) in [5, 5.41) is 0. The molecule has 1 radical (unpaired) electrons. The van der Waals surface area contributed by atoms with Gasteiger partial charge in [-0.25, -0.2) is 0 Å². The summed E-state index contributed by atoms with van der Waals surface area (Å²) < 4.78 is 6.03. The molecule has 0 aromatic rings. The molecular formula is C3H6OUY-2. The fraction of sp³-hybridized carbons (Fsp3) is 0.333. The Balaban J connectivity index is -0.0000000150. The second-order valence-electron chi connectivity index (χ2n) is 0.144. The second-order valence-corrected chi connectivity index (χ2v) is 0.144. The monoisotopic (exact) mass is 387 g/mol. The van der Waals surface area contributed by atoms with Gasteiger partial charge in [0.1, 0.15) is 0 Å². The zero-order valence-corrected chi connectivity index (χ0v) is 10.7. The van der Waals surface area contributed by atoms with Gasteiger partial charge in [-0.3, -0.25) is 6.29 Å². The van der Waals surface area contributed by atoms with Crippen LogP contribution < -0.4 is 0 Å².